The van der Waals surface area contributed by atoms with Crippen molar-refractivity contribution in [1.82, 2.24) is 0 Å². The molecule has 4 nitrogen and oxygen atoms in total. The predicted octanol–water partition coefficient (Wildman–Crippen LogP) is 7.12. The van der Waals surface area contributed by atoms with E-state index in [1.165, 1.54) is 17.7 Å². The van der Waals surface area contributed by atoms with Crippen LogP contribution in [0.25, 0.3) is 11.1 Å². The van der Waals surface area contributed by atoms with Crippen molar-refractivity contribution in [1.29, 1.82) is 0 Å². The van der Waals surface area contributed by atoms with Crippen LogP contribution in [-0.4, -0.2) is 33.2 Å². The molecule has 2 aliphatic rings. The summed E-state index contributed by atoms with van der Waals surface area (Å²) in [7, 11) is -3.41. The van der Waals surface area contributed by atoms with Crippen molar-refractivity contribution in [2.45, 2.75) is 62.2 Å². The fraction of sp³-hybridized carbons (Fsp3) is 0.424. The molecule has 0 spiro atoms. The second-order valence-electron chi connectivity index (χ2n) is 11.8. The number of carbonyl (C=O) groups is 1. The first-order valence-electron chi connectivity index (χ1n) is 13.9. The van der Waals surface area contributed by atoms with Crippen LogP contribution < -0.4 is 0 Å². The molecule has 6 heteroatoms. The van der Waals surface area contributed by atoms with E-state index in [0.29, 0.717) is 11.3 Å². The fourth-order valence-corrected chi connectivity index (χ4v) is 7.63. The zero-order chi connectivity index (χ0) is 27.6. The molecule has 2 fully saturated rings. The van der Waals surface area contributed by atoms with E-state index in [-0.39, 0.29) is 40.5 Å². The Kier molecular flexibility index (Phi) is 8.06. The minimum absolute atomic E-state index is 0.0167. The largest absolute Gasteiger partial charge is 0.379 e. The summed E-state index contributed by atoms with van der Waals surface area (Å²) in [5, 5.41) is 0. The van der Waals surface area contributed by atoms with Crippen molar-refractivity contribution >= 4 is 15.6 Å². The van der Waals surface area contributed by atoms with Crippen LogP contribution in [0.3, 0.4) is 0 Å². The summed E-state index contributed by atoms with van der Waals surface area (Å²) in [6, 6.07) is 22.0. The molecular formula is C33H37FO4S. The molecule has 1 saturated heterocycles. The lowest BCUT2D eigenvalue weighted by Crippen LogP contribution is -2.43. The standard InChI is InChI=1S/C33H37FO4S/c1-23(25-9-15-30(34)16-10-25)19-32(35)28-5-3-24(4-6-28)20-39(36,37)31-17-11-27(12-18-31)26-7-13-29(14-8-26)33(2)21-38-22-33/h7-18,23-24,28H,3-6,19-22H2,1-2H3/t23-,24?,28?/m0/s1. The molecule has 1 aliphatic carbocycles. The number of hydrogen-bond donors (Lipinski definition) is 0. The number of benzene rings is 3. The lowest BCUT2D eigenvalue weighted by molar-refractivity contribution is -0.124. The number of sulfone groups is 1. The van der Waals surface area contributed by atoms with Crippen molar-refractivity contribution in [3.8, 4) is 11.1 Å². The van der Waals surface area contributed by atoms with Gasteiger partial charge in [0.15, 0.2) is 9.84 Å². The number of hydrogen-bond acceptors (Lipinski definition) is 4. The molecule has 3 aromatic carbocycles. The molecule has 5 rings (SSSR count). The highest BCUT2D eigenvalue weighted by atomic mass is 32.2. The second-order valence-corrected chi connectivity index (χ2v) is 13.8. The molecule has 1 atom stereocenters. The first-order chi connectivity index (χ1) is 18.6. The lowest BCUT2D eigenvalue weighted by atomic mass is 9.78. The van der Waals surface area contributed by atoms with Crippen molar-refractivity contribution in [2.75, 3.05) is 19.0 Å². The average molecular weight is 549 g/mol. The van der Waals surface area contributed by atoms with Gasteiger partial charge in [-0.25, -0.2) is 12.8 Å². The minimum Gasteiger partial charge on any atom is -0.379 e. The maximum Gasteiger partial charge on any atom is 0.178 e. The van der Waals surface area contributed by atoms with Crippen molar-refractivity contribution < 1.29 is 22.3 Å². The maximum absolute atomic E-state index is 13.2. The molecule has 0 unspecified atom stereocenters. The Morgan fingerprint density at radius 2 is 1.46 bits per heavy atom. The number of rotatable bonds is 9. The third-order valence-corrected chi connectivity index (χ3v) is 10.6. The molecule has 0 radical (unpaired) electrons. The highest BCUT2D eigenvalue weighted by Crippen LogP contribution is 2.35. The number of carbonyl (C=O) groups excluding carboxylic acids is 1. The molecule has 0 amide bonds. The fourth-order valence-electron chi connectivity index (χ4n) is 5.93. The Labute approximate surface area is 231 Å². The summed E-state index contributed by atoms with van der Waals surface area (Å²) >= 11 is 0. The van der Waals surface area contributed by atoms with Gasteiger partial charge in [0.2, 0.25) is 0 Å². The van der Waals surface area contributed by atoms with Crippen LogP contribution in [-0.2, 0) is 24.8 Å². The molecule has 0 aromatic heterocycles. The quantitative estimate of drug-likeness (QED) is 0.286. The zero-order valence-electron chi connectivity index (χ0n) is 22.7. The molecule has 3 aromatic rings. The van der Waals surface area contributed by atoms with Crippen LogP contribution in [0, 0.1) is 17.7 Å². The van der Waals surface area contributed by atoms with Crippen LogP contribution in [0.1, 0.15) is 63.0 Å². The molecule has 0 N–H and O–H groups in total. The van der Waals surface area contributed by atoms with E-state index in [1.807, 2.05) is 19.1 Å². The van der Waals surface area contributed by atoms with Gasteiger partial charge < -0.3 is 4.74 Å². The molecule has 0 bridgehead atoms. The van der Waals surface area contributed by atoms with Gasteiger partial charge in [-0.15, -0.1) is 0 Å². The summed E-state index contributed by atoms with van der Waals surface area (Å²) in [6.45, 7) is 5.68. The SMILES string of the molecule is C[C@@H](CC(=O)C1CCC(CS(=O)(=O)c2ccc(-c3ccc(C4(C)COC4)cc3)cc2)CC1)c1ccc(F)cc1. The monoisotopic (exact) mass is 548 g/mol. The van der Waals surface area contributed by atoms with Crippen LogP contribution in [0.5, 0.6) is 0 Å². The average Bonchev–Trinajstić information content (AvgIpc) is 2.92. The van der Waals surface area contributed by atoms with Crippen LogP contribution in [0.4, 0.5) is 4.39 Å². The zero-order valence-corrected chi connectivity index (χ0v) is 23.6. The Balaban J connectivity index is 1.13. The van der Waals surface area contributed by atoms with Gasteiger partial charge in [0, 0.05) is 17.8 Å². The molecule has 1 heterocycles. The van der Waals surface area contributed by atoms with E-state index in [1.54, 1.807) is 24.3 Å². The maximum atomic E-state index is 13.2. The second kappa shape index (κ2) is 11.3. The van der Waals surface area contributed by atoms with Crippen molar-refractivity contribution in [2.24, 2.45) is 11.8 Å². The summed E-state index contributed by atoms with van der Waals surface area (Å²) in [4.78, 5) is 13.3. The molecule has 1 aliphatic heterocycles. The lowest BCUT2D eigenvalue weighted by Gasteiger charge is -2.38. The van der Waals surface area contributed by atoms with Crippen molar-refractivity contribution in [3.05, 3.63) is 89.7 Å². The van der Waals surface area contributed by atoms with Gasteiger partial charge in [0.25, 0.3) is 0 Å². The molecule has 206 valence electrons. The topological polar surface area (TPSA) is 60.4 Å². The number of ketones is 1. The van der Waals surface area contributed by atoms with Gasteiger partial charge in [0.1, 0.15) is 11.6 Å². The number of halogens is 1. The van der Waals surface area contributed by atoms with E-state index in [2.05, 4.69) is 31.2 Å². The van der Waals surface area contributed by atoms with E-state index in [0.717, 1.165) is 55.6 Å². The Hall–Kier alpha value is -2.83. The van der Waals surface area contributed by atoms with E-state index in [4.69, 9.17) is 4.74 Å². The first-order valence-corrected chi connectivity index (χ1v) is 15.6. The van der Waals surface area contributed by atoms with Gasteiger partial charge >= 0.3 is 0 Å². The normalized spacial score (nSPS) is 21.6. The third kappa shape index (κ3) is 6.33. The van der Waals surface area contributed by atoms with Gasteiger partial charge in [-0.1, -0.05) is 62.4 Å². The predicted molar refractivity (Wildman–Crippen MR) is 152 cm³/mol. The highest BCUT2D eigenvalue weighted by Gasteiger charge is 2.35. The van der Waals surface area contributed by atoms with Gasteiger partial charge in [-0.3, -0.25) is 4.79 Å². The highest BCUT2D eigenvalue weighted by molar-refractivity contribution is 7.91. The molecule has 39 heavy (non-hydrogen) atoms. The number of ether oxygens (including phenoxy) is 1. The Morgan fingerprint density at radius 3 is 2.00 bits per heavy atom. The van der Waals surface area contributed by atoms with Gasteiger partial charge in [-0.05, 0) is 84.0 Å². The first kappa shape index (κ1) is 27.7. The van der Waals surface area contributed by atoms with Crippen molar-refractivity contribution in [3.63, 3.8) is 0 Å². The van der Waals surface area contributed by atoms with E-state index < -0.39 is 9.84 Å². The third-order valence-electron chi connectivity index (χ3n) is 8.67. The Morgan fingerprint density at radius 1 is 0.897 bits per heavy atom. The summed E-state index contributed by atoms with van der Waals surface area (Å²) < 4.78 is 44.9. The minimum atomic E-state index is -3.41. The van der Waals surface area contributed by atoms with Gasteiger partial charge in [-0.2, -0.15) is 0 Å². The van der Waals surface area contributed by atoms with Gasteiger partial charge in [0.05, 0.1) is 23.9 Å². The number of Topliss-reactive ketones (excluding diaryl/α,β-unsaturated/α-hetero) is 1. The van der Waals surface area contributed by atoms with E-state index >= 15 is 0 Å². The summed E-state index contributed by atoms with van der Waals surface area (Å²) in [5.41, 5.74) is 4.36. The van der Waals surface area contributed by atoms with Crippen LogP contribution in [0.2, 0.25) is 0 Å². The smallest absolute Gasteiger partial charge is 0.178 e. The summed E-state index contributed by atoms with van der Waals surface area (Å²) in [5.74, 6) is 0.161. The molecular weight excluding hydrogens is 511 g/mol. The molecule has 1 saturated carbocycles. The van der Waals surface area contributed by atoms with Crippen LogP contribution >= 0.6 is 0 Å². The summed E-state index contributed by atoms with van der Waals surface area (Å²) in [6.07, 6.45) is 3.39. The van der Waals surface area contributed by atoms with Crippen LogP contribution in [0.15, 0.2) is 77.7 Å². The Bertz CT molecular complexity index is 1380. The van der Waals surface area contributed by atoms with E-state index in [9.17, 15) is 17.6 Å².